The number of esters is 1. The van der Waals surface area contributed by atoms with Crippen LogP contribution in [0.4, 0.5) is 5.82 Å². The maximum atomic E-state index is 12.7. The predicted molar refractivity (Wildman–Crippen MR) is 117 cm³/mol. The molecule has 8 nitrogen and oxygen atoms in total. The fraction of sp³-hybridized carbons (Fsp3) is 0.391. The summed E-state index contributed by atoms with van der Waals surface area (Å²) in [5.74, 6) is -0.244. The zero-order chi connectivity index (χ0) is 22.0. The van der Waals surface area contributed by atoms with E-state index in [9.17, 15) is 14.4 Å². The molecule has 1 aliphatic rings. The molecule has 4 rings (SSSR count). The van der Waals surface area contributed by atoms with Gasteiger partial charge < -0.3 is 14.5 Å². The van der Waals surface area contributed by atoms with Crippen LogP contribution in [-0.4, -0.2) is 48.0 Å². The number of nitrogens with one attached hydrogen (secondary N) is 1. The van der Waals surface area contributed by atoms with Gasteiger partial charge in [-0.25, -0.2) is 9.78 Å². The molecule has 3 aromatic rings. The largest absolute Gasteiger partial charge is 0.466 e. The Kier molecular flexibility index (Phi) is 5.99. The van der Waals surface area contributed by atoms with Crippen LogP contribution in [0.2, 0.25) is 0 Å². The molecular formula is C23H25N3O5. The van der Waals surface area contributed by atoms with Crippen LogP contribution in [0.5, 0.6) is 0 Å². The Morgan fingerprint density at radius 1 is 1.32 bits per heavy atom. The first kappa shape index (κ1) is 21.0. The molecule has 0 unspecified atom stereocenters. The Morgan fingerprint density at radius 3 is 2.94 bits per heavy atom. The van der Waals surface area contributed by atoms with Gasteiger partial charge in [-0.05, 0) is 57.0 Å². The molecule has 1 fully saturated rings. The summed E-state index contributed by atoms with van der Waals surface area (Å²) in [6, 6.07) is 8.86. The quantitative estimate of drug-likeness (QED) is 0.382. The number of likely N-dealkylation sites (tertiary alicyclic amines) is 1. The van der Waals surface area contributed by atoms with Crippen LogP contribution >= 0.6 is 0 Å². The number of anilines is 1. The summed E-state index contributed by atoms with van der Waals surface area (Å²) in [6.45, 7) is 5.35. The topological polar surface area (TPSA) is 102 Å². The van der Waals surface area contributed by atoms with Gasteiger partial charge in [0.15, 0.2) is 0 Å². The Morgan fingerprint density at radius 2 is 2.13 bits per heavy atom. The first-order chi connectivity index (χ1) is 15.0. The van der Waals surface area contributed by atoms with Crippen molar-refractivity contribution < 1.29 is 18.7 Å². The normalized spacial score (nSPS) is 17.0. The number of rotatable bonds is 5. The number of piperidine rings is 1. The highest BCUT2D eigenvalue weighted by Crippen LogP contribution is 2.25. The van der Waals surface area contributed by atoms with E-state index in [0.29, 0.717) is 46.4 Å². The molecule has 1 saturated heterocycles. The van der Waals surface area contributed by atoms with E-state index < -0.39 is 5.63 Å². The fourth-order valence-electron chi connectivity index (χ4n) is 4.13. The highest BCUT2D eigenvalue weighted by atomic mass is 16.5. The number of fused-ring (bicyclic) bond motifs is 3. The summed E-state index contributed by atoms with van der Waals surface area (Å²) in [7, 11) is 0. The van der Waals surface area contributed by atoms with Crippen molar-refractivity contribution in [2.24, 2.45) is 5.92 Å². The fourth-order valence-corrected chi connectivity index (χ4v) is 4.13. The van der Waals surface area contributed by atoms with Crippen LogP contribution in [0, 0.1) is 12.8 Å². The monoisotopic (exact) mass is 423 g/mol. The van der Waals surface area contributed by atoms with Crippen molar-refractivity contribution in [3.8, 4) is 0 Å². The summed E-state index contributed by atoms with van der Waals surface area (Å²) >= 11 is 0. The molecule has 1 atom stereocenters. The van der Waals surface area contributed by atoms with E-state index in [-0.39, 0.29) is 24.3 Å². The number of ether oxygens (including phenoxy) is 1. The minimum absolute atomic E-state index is 0.159. The standard InChI is InChI=1S/C23H25N3O5/c1-3-30-22(28)15-7-6-10-26(12-15)13-19(27)24-18-11-14(2)20-21(25-18)16-8-4-5-9-17(16)31-23(20)29/h4-5,8-9,11,15H,3,6-7,10,12-13H2,1-2H3,(H,24,25,27)/t15-/m1/s1. The van der Waals surface area contributed by atoms with Gasteiger partial charge in [0.2, 0.25) is 5.91 Å². The third-order valence-corrected chi connectivity index (χ3v) is 5.53. The molecule has 1 N–H and O–H groups in total. The molecule has 1 amide bonds. The molecule has 8 heteroatoms. The SMILES string of the molecule is CCOC(=O)[C@@H]1CCCN(CC(=O)Nc2cc(C)c3c(=O)oc4ccccc4c3n2)C1. The average Bonchev–Trinajstić information content (AvgIpc) is 2.73. The van der Waals surface area contributed by atoms with E-state index in [4.69, 9.17) is 9.15 Å². The van der Waals surface area contributed by atoms with Crippen molar-refractivity contribution in [3.05, 3.63) is 46.3 Å². The van der Waals surface area contributed by atoms with Gasteiger partial charge in [-0.15, -0.1) is 0 Å². The van der Waals surface area contributed by atoms with Crippen LogP contribution in [0.25, 0.3) is 21.9 Å². The number of amides is 1. The van der Waals surface area contributed by atoms with Gasteiger partial charge in [-0.2, -0.15) is 0 Å². The molecule has 162 valence electrons. The molecule has 0 saturated carbocycles. The molecule has 1 aliphatic heterocycles. The molecule has 2 aromatic heterocycles. The van der Waals surface area contributed by atoms with Crippen LogP contribution in [-0.2, 0) is 14.3 Å². The number of aryl methyl sites for hydroxylation is 1. The van der Waals surface area contributed by atoms with Crippen LogP contribution in [0.3, 0.4) is 0 Å². The summed E-state index contributed by atoms with van der Waals surface area (Å²) in [5, 5.41) is 3.96. The highest BCUT2D eigenvalue weighted by Gasteiger charge is 2.27. The van der Waals surface area contributed by atoms with Gasteiger partial charge in [0.1, 0.15) is 11.4 Å². The lowest BCUT2D eigenvalue weighted by atomic mass is 9.98. The molecule has 3 heterocycles. The lowest BCUT2D eigenvalue weighted by molar-refractivity contribution is -0.150. The minimum Gasteiger partial charge on any atom is -0.466 e. The van der Waals surface area contributed by atoms with E-state index in [1.807, 2.05) is 17.0 Å². The maximum absolute atomic E-state index is 12.7. The van der Waals surface area contributed by atoms with E-state index in [1.165, 1.54) is 0 Å². The van der Waals surface area contributed by atoms with Gasteiger partial charge in [0, 0.05) is 11.9 Å². The Labute approximate surface area is 179 Å². The predicted octanol–water partition coefficient (Wildman–Crippen LogP) is 2.86. The molecular weight excluding hydrogens is 398 g/mol. The van der Waals surface area contributed by atoms with Gasteiger partial charge in [0.05, 0.1) is 30.0 Å². The Bertz CT molecular complexity index is 1200. The molecule has 1 aromatic carbocycles. The second-order valence-corrected chi connectivity index (χ2v) is 7.81. The van der Waals surface area contributed by atoms with E-state index in [2.05, 4.69) is 10.3 Å². The van der Waals surface area contributed by atoms with Gasteiger partial charge >= 0.3 is 11.6 Å². The second kappa shape index (κ2) is 8.85. The number of para-hydroxylation sites is 1. The average molecular weight is 423 g/mol. The van der Waals surface area contributed by atoms with Crippen LogP contribution < -0.4 is 10.9 Å². The van der Waals surface area contributed by atoms with E-state index in [0.717, 1.165) is 19.4 Å². The smallest absolute Gasteiger partial charge is 0.346 e. The van der Waals surface area contributed by atoms with Crippen LogP contribution in [0.15, 0.2) is 39.5 Å². The van der Waals surface area contributed by atoms with E-state index in [1.54, 1.807) is 32.0 Å². The number of nitrogens with zero attached hydrogens (tertiary/aromatic N) is 2. The zero-order valence-corrected chi connectivity index (χ0v) is 17.6. The number of carbonyl (C=O) groups is 2. The maximum Gasteiger partial charge on any atom is 0.346 e. The molecule has 0 radical (unpaired) electrons. The summed E-state index contributed by atoms with van der Waals surface area (Å²) in [4.78, 5) is 43.6. The summed E-state index contributed by atoms with van der Waals surface area (Å²) in [6.07, 6.45) is 1.61. The lowest BCUT2D eigenvalue weighted by Crippen LogP contribution is -2.43. The van der Waals surface area contributed by atoms with Crippen molar-refractivity contribution >= 4 is 39.6 Å². The highest BCUT2D eigenvalue weighted by molar-refractivity contribution is 6.04. The summed E-state index contributed by atoms with van der Waals surface area (Å²) < 4.78 is 10.5. The molecule has 0 bridgehead atoms. The van der Waals surface area contributed by atoms with Gasteiger partial charge in [0.25, 0.3) is 0 Å². The molecule has 0 spiro atoms. The number of hydrogen-bond donors (Lipinski definition) is 1. The van der Waals surface area contributed by atoms with Gasteiger partial charge in [-0.1, -0.05) is 12.1 Å². The van der Waals surface area contributed by atoms with Crippen molar-refractivity contribution in [2.45, 2.75) is 26.7 Å². The number of aromatic nitrogens is 1. The number of benzene rings is 1. The Hall–Kier alpha value is -3.26. The zero-order valence-electron chi connectivity index (χ0n) is 17.6. The summed E-state index contributed by atoms with van der Waals surface area (Å²) in [5.41, 5.74) is 1.19. The number of pyridine rings is 1. The first-order valence-electron chi connectivity index (χ1n) is 10.5. The van der Waals surface area contributed by atoms with Crippen molar-refractivity contribution in [1.82, 2.24) is 9.88 Å². The number of carbonyl (C=O) groups excluding carboxylic acids is 2. The van der Waals surface area contributed by atoms with E-state index >= 15 is 0 Å². The second-order valence-electron chi connectivity index (χ2n) is 7.81. The molecule has 31 heavy (non-hydrogen) atoms. The minimum atomic E-state index is -0.449. The van der Waals surface area contributed by atoms with Crippen molar-refractivity contribution in [3.63, 3.8) is 0 Å². The Balaban J connectivity index is 1.53. The molecule has 0 aliphatic carbocycles. The first-order valence-corrected chi connectivity index (χ1v) is 10.5. The third-order valence-electron chi connectivity index (χ3n) is 5.53. The third kappa shape index (κ3) is 4.44. The van der Waals surface area contributed by atoms with Crippen LogP contribution in [0.1, 0.15) is 25.3 Å². The number of hydrogen-bond acceptors (Lipinski definition) is 7. The van der Waals surface area contributed by atoms with Crippen molar-refractivity contribution in [1.29, 1.82) is 0 Å². The van der Waals surface area contributed by atoms with Gasteiger partial charge in [-0.3, -0.25) is 14.5 Å². The van der Waals surface area contributed by atoms with Crippen molar-refractivity contribution in [2.75, 3.05) is 31.6 Å². The lowest BCUT2D eigenvalue weighted by Gasteiger charge is -2.30.